The first-order valence-electron chi connectivity index (χ1n) is 6.14. The zero-order chi connectivity index (χ0) is 15.2. The van der Waals surface area contributed by atoms with Gasteiger partial charge in [-0.1, -0.05) is 6.07 Å². The SMILES string of the molecule is COc1cccc(C#N)c1NC(=O)c1ccc(NN)cc1. The van der Waals surface area contributed by atoms with Crippen molar-refractivity contribution >= 4 is 17.3 Å². The summed E-state index contributed by atoms with van der Waals surface area (Å²) >= 11 is 0. The number of anilines is 2. The number of nitrogen functional groups attached to an aromatic ring is 1. The van der Waals surface area contributed by atoms with E-state index in [1.54, 1.807) is 42.5 Å². The van der Waals surface area contributed by atoms with E-state index in [0.29, 0.717) is 28.3 Å². The van der Waals surface area contributed by atoms with Gasteiger partial charge in [-0.2, -0.15) is 5.26 Å². The van der Waals surface area contributed by atoms with Crippen molar-refractivity contribution in [2.45, 2.75) is 0 Å². The van der Waals surface area contributed by atoms with Crippen LogP contribution in [0.3, 0.4) is 0 Å². The quantitative estimate of drug-likeness (QED) is 0.589. The Labute approximate surface area is 122 Å². The fraction of sp³-hybridized carbons (Fsp3) is 0.0667. The standard InChI is InChI=1S/C15H14N4O2/c1-21-13-4-2-3-11(9-16)14(13)18-15(20)10-5-7-12(19-17)8-6-10/h2-8,19H,17H2,1H3,(H,18,20). The zero-order valence-electron chi connectivity index (χ0n) is 11.4. The van der Waals surface area contributed by atoms with Gasteiger partial charge in [0.2, 0.25) is 0 Å². The Morgan fingerprint density at radius 1 is 1.24 bits per heavy atom. The molecule has 0 saturated heterocycles. The van der Waals surface area contributed by atoms with Crippen molar-refractivity contribution in [2.24, 2.45) is 5.84 Å². The highest BCUT2D eigenvalue weighted by Crippen LogP contribution is 2.28. The van der Waals surface area contributed by atoms with Crippen LogP contribution >= 0.6 is 0 Å². The minimum absolute atomic E-state index is 0.334. The zero-order valence-corrected chi connectivity index (χ0v) is 11.4. The number of methoxy groups -OCH3 is 1. The number of amides is 1. The second-order valence-electron chi connectivity index (χ2n) is 4.17. The summed E-state index contributed by atoms with van der Waals surface area (Å²) in [5.74, 6) is 5.37. The maximum absolute atomic E-state index is 12.2. The van der Waals surface area contributed by atoms with Crippen LogP contribution < -0.4 is 21.3 Å². The van der Waals surface area contributed by atoms with E-state index in [0.717, 1.165) is 0 Å². The molecular formula is C15H14N4O2. The smallest absolute Gasteiger partial charge is 0.255 e. The van der Waals surface area contributed by atoms with Crippen LogP contribution in [0.4, 0.5) is 11.4 Å². The minimum atomic E-state index is -0.334. The molecule has 0 aliphatic carbocycles. The average molecular weight is 282 g/mol. The summed E-state index contributed by atoms with van der Waals surface area (Å²) in [5, 5.41) is 11.8. The normalized spacial score (nSPS) is 9.57. The van der Waals surface area contributed by atoms with Gasteiger partial charge in [0.05, 0.1) is 12.7 Å². The number of ether oxygens (including phenoxy) is 1. The van der Waals surface area contributed by atoms with Crippen LogP contribution in [-0.4, -0.2) is 13.0 Å². The molecule has 21 heavy (non-hydrogen) atoms. The van der Waals surface area contributed by atoms with E-state index in [1.165, 1.54) is 7.11 Å². The lowest BCUT2D eigenvalue weighted by Gasteiger charge is -2.11. The van der Waals surface area contributed by atoms with Gasteiger partial charge in [-0.15, -0.1) is 0 Å². The van der Waals surface area contributed by atoms with E-state index < -0.39 is 0 Å². The monoisotopic (exact) mass is 282 g/mol. The lowest BCUT2D eigenvalue weighted by Crippen LogP contribution is -2.14. The van der Waals surface area contributed by atoms with Crippen molar-refractivity contribution in [3.05, 3.63) is 53.6 Å². The molecule has 0 bridgehead atoms. The highest BCUT2D eigenvalue weighted by atomic mass is 16.5. The van der Waals surface area contributed by atoms with Gasteiger partial charge in [-0.05, 0) is 36.4 Å². The predicted octanol–water partition coefficient (Wildman–Crippen LogP) is 2.10. The van der Waals surface area contributed by atoms with E-state index in [9.17, 15) is 4.79 Å². The predicted molar refractivity (Wildman–Crippen MR) is 79.9 cm³/mol. The summed E-state index contributed by atoms with van der Waals surface area (Å²) in [7, 11) is 1.48. The molecule has 0 heterocycles. The first-order valence-corrected chi connectivity index (χ1v) is 6.14. The highest BCUT2D eigenvalue weighted by Gasteiger charge is 2.13. The number of para-hydroxylation sites is 1. The maximum atomic E-state index is 12.2. The number of carbonyl (C=O) groups is 1. The molecule has 2 aromatic carbocycles. The molecule has 0 atom stereocenters. The van der Waals surface area contributed by atoms with Gasteiger partial charge >= 0.3 is 0 Å². The van der Waals surface area contributed by atoms with Crippen molar-refractivity contribution < 1.29 is 9.53 Å². The third-order valence-electron chi connectivity index (χ3n) is 2.92. The first kappa shape index (κ1) is 14.4. The molecule has 0 radical (unpaired) electrons. The lowest BCUT2D eigenvalue weighted by atomic mass is 10.1. The van der Waals surface area contributed by atoms with Crippen LogP contribution in [0.2, 0.25) is 0 Å². The molecule has 0 spiro atoms. The molecular weight excluding hydrogens is 268 g/mol. The molecule has 2 aromatic rings. The van der Waals surface area contributed by atoms with E-state index in [1.807, 2.05) is 6.07 Å². The van der Waals surface area contributed by atoms with Crippen molar-refractivity contribution in [3.63, 3.8) is 0 Å². The molecule has 6 heteroatoms. The number of hydrogen-bond donors (Lipinski definition) is 3. The summed E-state index contributed by atoms with van der Waals surface area (Å²) in [5.41, 5.74) is 4.32. The third kappa shape index (κ3) is 3.11. The molecule has 0 aliphatic rings. The fourth-order valence-corrected chi connectivity index (χ4v) is 1.83. The number of nitrogens with one attached hydrogen (secondary N) is 2. The van der Waals surface area contributed by atoms with Gasteiger partial charge in [-0.3, -0.25) is 10.6 Å². The Kier molecular flexibility index (Phi) is 4.39. The van der Waals surface area contributed by atoms with Crippen molar-refractivity contribution in [1.82, 2.24) is 0 Å². The Hall–Kier alpha value is -3.04. The minimum Gasteiger partial charge on any atom is -0.495 e. The first-order chi connectivity index (χ1) is 10.2. The molecule has 0 aromatic heterocycles. The van der Waals surface area contributed by atoms with Crippen LogP contribution in [0.5, 0.6) is 5.75 Å². The third-order valence-corrected chi connectivity index (χ3v) is 2.92. The summed E-state index contributed by atoms with van der Waals surface area (Å²) in [6.45, 7) is 0. The molecule has 106 valence electrons. The Bertz CT molecular complexity index is 690. The molecule has 0 unspecified atom stereocenters. The Balaban J connectivity index is 2.29. The summed E-state index contributed by atoms with van der Waals surface area (Å²) in [6, 6.07) is 13.6. The average Bonchev–Trinajstić information content (AvgIpc) is 2.55. The fourth-order valence-electron chi connectivity index (χ4n) is 1.83. The summed E-state index contributed by atoms with van der Waals surface area (Å²) < 4.78 is 5.17. The van der Waals surface area contributed by atoms with Crippen LogP contribution in [-0.2, 0) is 0 Å². The van der Waals surface area contributed by atoms with Crippen molar-refractivity contribution in [3.8, 4) is 11.8 Å². The van der Waals surface area contributed by atoms with Crippen LogP contribution in [0.25, 0.3) is 0 Å². The van der Waals surface area contributed by atoms with Gasteiger partial charge in [0.1, 0.15) is 17.5 Å². The number of nitrogens with two attached hydrogens (primary N) is 1. The van der Waals surface area contributed by atoms with Gasteiger partial charge in [-0.25, -0.2) is 0 Å². The van der Waals surface area contributed by atoms with Gasteiger partial charge < -0.3 is 15.5 Å². The van der Waals surface area contributed by atoms with E-state index in [-0.39, 0.29) is 5.91 Å². The van der Waals surface area contributed by atoms with Crippen LogP contribution in [0.15, 0.2) is 42.5 Å². The van der Waals surface area contributed by atoms with E-state index in [4.69, 9.17) is 15.8 Å². The molecule has 4 N–H and O–H groups in total. The molecule has 0 aliphatic heterocycles. The van der Waals surface area contributed by atoms with Crippen molar-refractivity contribution in [2.75, 3.05) is 17.9 Å². The Morgan fingerprint density at radius 2 is 1.95 bits per heavy atom. The van der Waals surface area contributed by atoms with Gasteiger partial charge in [0.25, 0.3) is 5.91 Å². The highest BCUT2D eigenvalue weighted by molar-refractivity contribution is 6.06. The number of carbonyl (C=O) groups excluding carboxylic acids is 1. The number of nitriles is 1. The molecule has 0 saturated carbocycles. The van der Waals surface area contributed by atoms with Crippen LogP contribution in [0.1, 0.15) is 15.9 Å². The second kappa shape index (κ2) is 6.41. The number of hydrogen-bond acceptors (Lipinski definition) is 5. The van der Waals surface area contributed by atoms with Crippen molar-refractivity contribution in [1.29, 1.82) is 5.26 Å². The second-order valence-corrected chi connectivity index (χ2v) is 4.17. The molecule has 0 fully saturated rings. The topological polar surface area (TPSA) is 100 Å². The van der Waals surface area contributed by atoms with Gasteiger partial charge in [0, 0.05) is 11.3 Å². The maximum Gasteiger partial charge on any atom is 0.255 e. The molecule has 2 rings (SSSR count). The molecule has 1 amide bonds. The summed E-state index contributed by atoms with van der Waals surface area (Å²) in [6.07, 6.45) is 0. The number of rotatable bonds is 4. The summed E-state index contributed by atoms with van der Waals surface area (Å²) in [4.78, 5) is 12.2. The molecule has 6 nitrogen and oxygen atoms in total. The largest absolute Gasteiger partial charge is 0.495 e. The number of hydrazine groups is 1. The lowest BCUT2D eigenvalue weighted by molar-refractivity contribution is 0.102. The van der Waals surface area contributed by atoms with Gasteiger partial charge in [0.15, 0.2) is 0 Å². The van der Waals surface area contributed by atoms with Crippen LogP contribution in [0, 0.1) is 11.3 Å². The number of benzene rings is 2. The van der Waals surface area contributed by atoms with E-state index >= 15 is 0 Å². The number of nitrogens with zero attached hydrogens (tertiary/aromatic N) is 1. The van der Waals surface area contributed by atoms with E-state index in [2.05, 4.69) is 10.7 Å². The Morgan fingerprint density at radius 3 is 2.52 bits per heavy atom.